The normalized spacial score (nSPS) is 17.1. The fraction of sp³-hybridized carbons (Fsp3) is 0.533. The lowest BCUT2D eigenvalue weighted by Crippen LogP contribution is -2.36. The van der Waals surface area contributed by atoms with E-state index in [1.54, 1.807) is 0 Å². The maximum atomic E-state index is 11.9. The average molecular weight is 341 g/mol. The molecular formula is C15H21BrN2O2. The summed E-state index contributed by atoms with van der Waals surface area (Å²) in [5.41, 5.74) is 0.823. The maximum Gasteiger partial charge on any atom is 0.225 e. The van der Waals surface area contributed by atoms with Crippen molar-refractivity contribution >= 4 is 27.5 Å². The smallest absolute Gasteiger partial charge is 0.225 e. The van der Waals surface area contributed by atoms with Gasteiger partial charge < -0.3 is 15.3 Å². The summed E-state index contributed by atoms with van der Waals surface area (Å²) in [6.07, 6.45) is 2.57. The number of anilines is 1. The molecule has 2 N–H and O–H groups in total. The number of nitrogens with zero attached hydrogens (tertiary/aromatic N) is 1. The molecular weight excluding hydrogens is 320 g/mol. The molecule has 110 valence electrons. The highest BCUT2D eigenvalue weighted by atomic mass is 79.9. The van der Waals surface area contributed by atoms with Gasteiger partial charge in [-0.1, -0.05) is 22.0 Å². The number of aliphatic hydroxyl groups excluding tert-OH is 1. The first-order chi connectivity index (χ1) is 9.67. The quantitative estimate of drug-likeness (QED) is 0.865. The lowest BCUT2D eigenvalue weighted by atomic mass is 9.98. The molecule has 1 aromatic carbocycles. The molecule has 1 heterocycles. The maximum absolute atomic E-state index is 11.9. The van der Waals surface area contributed by atoms with E-state index in [-0.39, 0.29) is 12.5 Å². The summed E-state index contributed by atoms with van der Waals surface area (Å²) in [4.78, 5) is 14.2. The van der Waals surface area contributed by atoms with Gasteiger partial charge in [-0.15, -0.1) is 0 Å². The third-order valence-corrected chi connectivity index (χ3v) is 4.22. The van der Waals surface area contributed by atoms with Gasteiger partial charge in [0.25, 0.3) is 0 Å². The number of likely N-dealkylation sites (tertiary alicyclic amines) is 1. The molecule has 0 spiro atoms. The van der Waals surface area contributed by atoms with E-state index in [9.17, 15) is 4.79 Å². The molecule has 2 rings (SSSR count). The minimum atomic E-state index is 0.0485. The second kappa shape index (κ2) is 7.76. The molecule has 1 aromatic rings. The lowest BCUT2D eigenvalue weighted by Gasteiger charge is -2.30. The monoisotopic (exact) mass is 340 g/mol. The van der Waals surface area contributed by atoms with E-state index in [4.69, 9.17) is 5.11 Å². The summed E-state index contributed by atoms with van der Waals surface area (Å²) in [6.45, 7) is 3.04. The van der Waals surface area contributed by atoms with Crippen LogP contribution in [0.2, 0.25) is 0 Å². The molecule has 1 aliphatic heterocycles. The van der Waals surface area contributed by atoms with E-state index in [0.717, 1.165) is 42.6 Å². The Kier molecular flexibility index (Phi) is 6.01. The Labute approximate surface area is 128 Å². The van der Waals surface area contributed by atoms with Crippen molar-refractivity contribution in [3.05, 3.63) is 28.7 Å². The summed E-state index contributed by atoms with van der Waals surface area (Å²) < 4.78 is 0.960. The van der Waals surface area contributed by atoms with E-state index in [0.29, 0.717) is 12.3 Å². The van der Waals surface area contributed by atoms with Crippen molar-refractivity contribution in [2.75, 3.05) is 31.6 Å². The zero-order valence-electron chi connectivity index (χ0n) is 11.5. The average Bonchev–Trinajstić information content (AvgIpc) is 2.46. The zero-order valence-corrected chi connectivity index (χ0v) is 13.1. The number of amides is 1. The predicted molar refractivity (Wildman–Crippen MR) is 83.6 cm³/mol. The van der Waals surface area contributed by atoms with Crippen molar-refractivity contribution in [3.8, 4) is 0 Å². The molecule has 0 atom stereocenters. The molecule has 1 aliphatic rings. The number of carbonyl (C=O) groups excluding carboxylic acids is 1. The van der Waals surface area contributed by atoms with Crippen LogP contribution in [0.4, 0.5) is 5.69 Å². The predicted octanol–water partition coefficient (Wildman–Crippen LogP) is 2.48. The van der Waals surface area contributed by atoms with Crippen LogP contribution in [-0.4, -0.2) is 42.2 Å². The Bertz CT molecular complexity index is 445. The third-order valence-electron chi connectivity index (χ3n) is 3.73. The largest absolute Gasteiger partial charge is 0.396 e. The summed E-state index contributed by atoms with van der Waals surface area (Å²) >= 11 is 3.39. The van der Waals surface area contributed by atoms with Gasteiger partial charge in [0.05, 0.1) is 0 Å². The number of aliphatic hydroxyl groups is 1. The molecule has 20 heavy (non-hydrogen) atoms. The van der Waals surface area contributed by atoms with Crippen molar-refractivity contribution in [2.24, 2.45) is 5.92 Å². The van der Waals surface area contributed by atoms with Crippen LogP contribution in [0.25, 0.3) is 0 Å². The van der Waals surface area contributed by atoms with Crippen molar-refractivity contribution in [3.63, 3.8) is 0 Å². The van der Waals surface area contributed by atoms with Gasteiger partial charge in [0, 0.05) is 29.7 Å². The highest BCUT2D eigenvalue weighted by Gasteiger charge is 2.18. The molecule has 1 saturated heterocycles. The summed E-state index contributed by atoms with van der Waals surface area (Å²) in [5.74, 6) is 0.495. The van der Waals surface area contributed by atoms with E-state index in [1.165, 1.54) is 0 Å². The van der Waals surface area contributed by atoms with Crippen LogP contribution < -0.4 is 5.32 Å². The van der Waals surface area contributed by atoms with Gasteiger partial charge in [-0.25, -0.2) is 0 Å². The van der Waals surface area contributed by atoms with Gasteiger partial charge in [-0.3, -0.25) is 4.79 Å². The number of carbonyl (C=O) groups is 1. The molecule has 4 nitrogen and oxygen atoms in total. The summed E-state index contributed by atoms with van der Waals surface area (Å²) in [5, 5.41) is 12.0. The fourth-order valence-corrected chi connectivity index (χ4v) is 2.84. The molecule has 0 bridgehead atoms. The fourth-order valence-electron chi connectivity index (χ4n) is 2.44. The number of hydrogen-bond acceptors (Lipinski definition) is 3. The number of hydrogen-bond donors (Lipinski definition) is 2. The van der Waals surface area contributed by atoms with Crippen LogP contribution in [-0.2, 0) is 4.79 Å². The minimum absolute atomic E-state index is 0.0485. The third kappa shape index (κ3) is 4.89. The van der Waals surface area contributed by atoms with Crippen molar-refractivity contribution in [1.82, 2.24) is 4.90 Å². The first kappa shape index (κ1) is 15.5. The van der Waals surface area contributed by atoms with Crippen molar-refractivity contribution in [1.29, 1.82) is 0 Å². The topological polar surface area (TPSA) is 52.6 Å². The molecule has 1 fully saturated rings. The van der Waals surface area contributed by atoms with Crippen molar-refractivity contribution in [2.45, 2.75) is 19.3 Å². The minimum Gasteiger partial charge on any atom is -0.396 e. The zero-order chi connectivity index (χ0) is 14.4. The number of rotatable bonds is 5. The van der Waals surface area contributed by atoms with Crippen LogP contribution in [0.3, 0.4) is 0 Å². The second-order valence-corrected chi connectivity index (χ2v) is 6.19. The van der Waals surface area contributed by atoms with E-state index >= 15 is 0 Å². The standard InChI is InChI=1S/C15H21BrN2O2/c16-13-2-1-3-14(10-13)17-15(20)6-9-18-7-4-12(11-19)5-8-18/h1-3,10,12,19H,4-9,11H2,(H,17,20). The van der Waals surface area contributed by atoms with E-state index in [1.807, 2.05) is 24.3 Å². The number of halogens is 1. The van der Waals surface area contributed by atoms with Gasteiger partial charge in [0.15, 0.2) is 0 Å². The Morgan fingerprint density at radius 2 is 2.15 bits per heavy atom. The Balaban J connectivity index is 1.70. The Morgan fingerprint density at radius 3 is 2.80 bits per heavy atom. The number of nitrogens with one attached hydrogen (secondary N) is 1. The summed E-state index contributed by atoms with van der Waals surface area (Å²) in [6, 6.07) is 7.61. The van der Waals surface area contributed by atoms with Crippen LogP contribution in [0.15, 0.2) is 28.7 Å². The molecule has 0 radical (unpaired) electrons. The number of benzene rings is 1. The molecule has 0 saturated carbocycles. The van der Waals surface area contributed by atoms with Crippen molar-refractivity contribution < 1.29 is 9.90 Å². The first-order valence-corrected chi connectivity index (χ1v) is 7.85. The second-order valence-electron chi connectivity index (χ2n) is 5.28. The molecule has 0 aromatic heterocycles. The Morgan fingerprint density at radius 1 is 1.40 bits per heavy atom. The van der Waals surface area contributed by atoms with Gasteiger partial charge in [-0.2, -0.15) is 0 Å². The molecule has 0 unspecified atom stereocenters. The highest BCUT2D eigenvalue weighted by molar-refractivity contribution is 9.10. The highest BCUT2D eigenvalue weighted by Crippen LogP contribution is 2.17. The van der Waals surface area contributed by atoms with Gasteiger partial charge in [-0.05, 0) is 50.0 Å². The van der Waals surface area contributed by atoms with Crippen LogP contribution >= 0.6 is 15.9 Å². The van der Waals surface area contributed by atoms with Gasteiger partial charge in [0.1, 0.15) is 0 Å². The van der Waals surface area contributed by atoms with E-state index in [2.05, 4.69) is 26.1 Å². The SMILES string of the molecule is O=C(CCN1CCC(CO)CC1)Nc1cccc(Br)c1. The van der Waals surface area contributed by atoms with Gasteiger partial charge >= 0.3 is 0 Å². The van der Waals surface area contributed by atoms with E-state index < -0.39 is 0 Å². The van der Waals surface area contributed by atoms with Crippen LogP contribution in [0, 0.1) is 5.92 Å². The number of piperidine rings is 1. The lowest BCUT2D eigenvalue weighted by molar-refractivity contribution is -0.116. The summed E-state index contributed by atoms with van der Waals surface area (Å²) in [7, 11) is 0. The van der Waals surface area contributed by atoms with Crippen LogP contribution in [0.1, 0.15) is 19.3 Å². The first-order valence-electron chi connectivity index (χ1n) is 7.06. The van der Waals surface area contributed by atoms with Gasteiger partial charge in [0.2, 0.25) is 5.91 Å². The molecule has 5 heteroatoms. The molecule has 1 amide bonds. The molecule has 0 aliphatic carbocycles. The Hall–Kier alpha value is -0.910. The van der Waals surface area contributed by atoms with Crippen LogP contribution in [0.5, 0.6) is 0 Å².